The fourth-order valence-corrected chi connectivity index (χ4v) is 0.776. The molecule has 0 saturated carbocycles. The van der Waals surface area contributed by atoms with Gasteiger partial charge in [0.2, 0.25) is 0 Å². The van der Waals surface area contributed by atoms with Gasteiger partial charge in [0.05, 0.1) is 6.42 Å². The Bertz CT molecular complexity index is 271. The molecule has 0 unspecified atom stereocenters. The second kappa shape index (κ2) is 4.36. The molecule has 14 heavy (non-hydrogen) atoms. The topological polar surface area (TPSA) is 89.4 Å². The Labute approximate surface area is 76.4 Å². The van der Waals surface area contributed by atoms with Crippen molar-refractivity contribution < 1.29 is 34.9 Å². The Balaban J connectivity index is 0. The minimum Gasteiger partial charge on any atom is -0.344 e. The molecular weight excluding hydrogens is 237 g/mol. The third-order valence-electron chi connectivity index (χ3n) is 1.08. The molecule has 10 heteroatoms. The maximum atomic E-state index is 12.1. The van der Waals surface area contributed by atoms with E-state index in [1.165, 1.54) is 0 Å². The summed E-state index contributed by atoms with van der Waals surface area (Å²) in [5.74, 6) is 0. The summed E-state index contributed by atoms with van der Waals surface area (Å²) < 4.78 is 85.8. The van der Waals surface area contributed by atoms with Crippen LogP contribution in [-0.4, -0.2) is 24.4 Å². The molecule has 0 atom stereocenters. The summed E-state index contributed by atoms with van der Waals surface area (Å²) in [5, 5.41) is -4.75. The van der Waals surface area contributed by atoms with Crippen LogP contribution in [0.4, 0.5) is 22.0 Å². The van der Waals surface area contributed by atoms with Crippen LogP contribution in [0.2, 0.25) is 0 Å². The zero-order chi connectivity index (χ0) is 10.9. The van der Waals surface area contributed by atoms with Gasteiger partial charge >= 0.3 is 21.5 Å². The Morgan fingerprint density at radius 2 is 1.36 bits per heavy atom. The fraction of sp³-hybridized carbons (Fsp3) is 1.00. The molecule has 0 spiro atoms. The first-order chi connectivity index (χ1) is 5.46. The van der Waals surface area contributed by atoms with E-state index in [0.29, 0.717) is 0 Å². The number of hydrogen-bond donors (Lipinski definition) is 2. The molecule has 4 N–H and O–H groups in total. The summed E-state index contributed by atoms with van der Waals surface area (Å²) in [7, 11) is -5.76. The molecular formula is C4H8F5NO3S. The van der Waals surface area contributed by atoms with Crippen molar-refractivity contribution in [2.45, 2.75) is 24.3 Å². The van der Waals surface area contributed by atoms with Gasteiger partial charge in [0, 0.05) is 6.42 Å². The lowest BCUT2D eigenvalue weighted by Crippen LogP contribution is -2.29. The molecule has 0 fully saturated rings. The first-order valence-electron chi connectivity index (χ1n) is 2.87. The molecule has 0 aromatic rings. The summed E-state index contributed by atoms with van der Waals surface area (Å²) in [4.78, 5) is 0. The average Bonchev–Trinajstić information content (AvgIpc) is 1.79. The second-order valence-electron chi connectivity index (χ2n) is 2.23. The molecule has 4 nitrogen and oxygen atoms in total. The highest BCUT2D eigenvalue weighted by molar-refractivity contribution is 7.86. The third kappa shape index (κ3) is 5.29. The lowest BCUT2D eigenvalue weighted by Gasteiger charge is -2.13. The smallest absolute Gasteiger partial charge is 0.344 e. The fourth-order valence-electron chi connectivity index (χ4n) is 0.416. The van der Waals surface area contributed by atoms with Crippen LogP contribution in [0.5, 0.6) is 0 Å². The standard InChI is InChI=1S/C4H5F5O3S.H3N/c5-3(6,7)1-2-4(8,9)13(10,11)12;/h1-2H2,(H,10,11,12);1H3. The maximum absolute atomic E-state index is 12.1. The van der Waals surface area contributed by atoms with Crippen molar-refractivity contribution in [2.75, 3.05) is 0 Å². The molecule has 0 aliphatic heterocycles. The highest BCUT2D eigenvalue weighted by Crippen LogP contribution is 2.32. The number of hydrogen-bond acceptors (Lipinski definition) is 3. The van der Waals surface area contributed by atoms with Crippen molar-refractivity contribution >= 4 is 10.1 Å². The summed E-state index contributed by atoms with van der Waals surface area (Å²) in [6.07, 6.45) is -8.83. The van der Waals surface area contributed by atoms with E-state index in [2.05, 4.69) is 0 Å². The number of rotatable bonds is 3. The van der Waals surface area contributed by atoms with Gasteiger partial charge < -0.3 is 6.15 Å². The van der Waals surface area contributed by atoms with Crippen molar-refractivity contribution in [1.82, 2.24) is 6.15 Å². The monoisotopic (exact) mass is 245 g/mol. The summed E-state index contributed by atoms with van der Waals surface area (Å²) in [6, 6.07) is 0. The van der Waals surface area contributed by atoms with Crippen LogP contribution in [0.15, 0.2) is 0 Å². The van der Waals surface area contributed by atoms with Gasteiger partial charge in [-0.3, -0.25) is 4.55 Å². The summed E-state index contributed by atoms with van der Waals surface area (Å²) in [5.41, 5.74) is 0. The van der Waals surface area contributed by atoms with Gasteiger partial charge in [0.25, 0.3) is 0 Å². The van der Waals surface area contributed by atoms with Crippen molar-refractivity contribution in [3.8, 4) is 0 Å². The molecule has 0 bridgehead atoms. The largest absolute Gasteiger partial charge is 0.389 e. The van der Waals surface area contributed by atoms with E-state index in [9.17, 15) is 30.4 Å². The zero-order valence-electron chi connectivity index (χ0n) is 6.68. The molecule has 0 heterocycles. The summed E-state index contributed by atoms with van der Waals surface area (Å²) in [6.45, 7) is 0. The van der Waals surface area contributed by atoms with Crippen molar-refractivity contribution in [2.24, 2.45) is 0 Å². The molecule has 0 rings (SSSR count). The molecule has 0 aliphatic carbocycles. The number of alkyl halides is 5. The van der Waals surface area contributed by atoms with E-state index >= 15 is 0 Å². The predicted molar refractivity (Wildman–Crippen MR) is 36.8 cm³/mol. The average molecular weight is 245 g/mol. The van der Waals surface area contributed by atoms with Crippen LogP contribution in [0, 0.1) is 0 Å². The third-order valence-corrected chi connectivity index (χ3v) is 2.04. The molecule has 88 valence electrons. The minimum atomic E-state index is -5.76. The van der Waals surface area contributed by atoms with Gasteiger partial charge in [-0.25, -0.2) is 0 Å². The highest BCUT2D eigenvalue weighted by atomic mass is 32.2. The Morgan fingerprint density at radius 3 is 1.57 bits per heavy atom. The van der Waals surface area contributed by atoms with Crippen LogP contribution in [0.3, 0.4) is 0 Å². The number of halogens is 5. The van der Waals surface area contributed by atoms with Crippen molar-refractivity contribution in [1.29, 1.82) is 0 Å². The highest BCUT2D eigenvalue weighted by Gasteiger charge is 2.46. The van der Waals surface area contributed by atoms with Gasteiger partial charge in [-0.2, -0.15) is 30.4 Å². The predicted octanol–water partition coefficient (Wildman–Crippen LogP) is 1.97. The van der Waals surface area contributed by atoms with E-state index in [0.717, 1.165) is 0 Å². The molecule has 0 amide bonds. The van der Waals surface area contributed by atoms with Crippen LogP contribution in [0.1, 0.15) is 12.8 Å². The van der Waals surface area contributed by atoms with Crippen LogP contribution < -0.4 is 6.15 Å². The van der Waals surface area contributed by atoms with Crippen LogP contribution in [-0.2, 0) is 10.1 Å². The maximum Gasteiger partial charge on any atom is 0.389 e. The van der Waals surface area contributed by atoms with Crippen LogP contribution >= 0.6 is 0 Å². The van der Waals surface area contributed by atoms with Crippen LogP contribution in [0.25, 0.3) is 0 Å². The van der Waals surface area contributed by atoms with E-state index in [1.807, 2.05) is 0 Å². The SMILES string of the molecule is N.O=S(=O)(O)C(F)(F)CCC(F)(F)F. The Kier molecular flexibility index (Phi) is 4.97. The minimum absolute atomic E-state index is 0. The molecule has 0 saturated heterocycles. The molecule has 0 aromatic heterocycles. The zero-order valence-corrected chi connectivity index (χ0v) is 7.50. The Hall–Kier alpha value is -0.480. The van der Waals surface area contributed by atoms with Gasteiger partial charge in [-0.05, 0) is 0 Å². The van der Waals surface area contributed by atoms with Gasteiger partial charge in [-0.1, -0.05) is 0 Å². The normalized spacial score (nSPS) is 13.6. The van der Waals surface area contributed by atoms with E-state index in [4.69, 9.17) is 4.55 Å². The molecule has 0 aliphatic rings. The van der Waals surface area contributed by atoms with Crippen molar-refractivity contribution in [3.63, 3.8) is 0 Å². The van der Waals surface area contributed by atoms with E-state index in [-0.39, 0.29) is 6.15 Å². The first kappa shape index (κ1) is 16.0. The van der Waals surface area contributed by atoms with Gasteiger partial charge in [0.1, 0.15) is 0 Å². The molecule has 0 radical (unpaired) electrons. The Morgan fingerprint density at radius 1 is 1.00 bits per heavy atom. The van der Waals surface area contributed by atoms with E-state index < -0.39 is 34.4 Å². The van der Waals surface area contributed by atoms with Gasteiger partial charge in [0.15, 0.2) is 0 Å². The second-order valence-corrected chi connectivity index (χ2v) is 3.77. The molecule has 0 aromatic carbocycles. The lowest BCUT2D eigenvalue weighted by atomic mass is 10.3. The first-order valence-corrected chi connectivity index (χ1v) is 4.31. The lowest BCUT2D eigenvalue weighted by molar-refractivity contribution is -0.144. The quantitative estimate of drug-likeness (QED) is 0.587. The van der Waals surface area contributed by atoms with Gasteiger partial charge in [-0.15, -0.1) is 0 Å². The van der Waals surface area contributed by atoms with E-state index in [1.54, 1.807) is 0 Å². The summed E-state index contributed by atoms with van der Waals surface area (Å²) >= 11 is 0. The van der Waals surface area contributed by atoms with Crippen molar-refractivity contribution in [3.05, 3.63) is 0 Å².